The van der Waals surface area contributed by atoms with E-state index in [0.29, 0.717) is 12.1 Å². The average Bonchev–Trinajstić information content (AvgIpc) is 2.76. The molecule has 0 saturated carbocycles. The van der Waals surface area contributed by atoms with E-state index in [2.05, 4.69) is 4.98 Å². The summed E-state index contributed by atoms with van der Waals surface area (Å²) >= 11 is 0. The van der Waals surface area contributed by atoms with Crippen molar-refractivity contribution in [2.45, 2.75) is 19.9 Å². The van der Waals surface area contributed by atoms with E-state index in [1.807, 2.05) is 11.5 Å². The predicted molar refractivity (Wildman–Crippen MR) is 63.8 cm³/mol. The van der Waals surface area contributed by atoms with Gasteiger partial charge in [-0.3, -0.25) is 10.1 Å². The number of hydrogen-bond donors (Lipinski definition) is 0. The Kier molecular flexibility index (Phi) is 3.36. The highest BCUT2D eigenvalue weighted by Crippen LogP contribution is 2.18. The first-order valence-electron chi connectivity index (χ1n) is 5.54. The van der Waals surface area contributed by atoms with Crippen LogP contribution in [0.5, 0.6) is 0 Å². The minimum Gasteiger partial charge on any atom is -0.331 e. The van der Waals surface area contributed by atoms with Crippen molar-refractivity contribution in [1.82, 2.24) is 9.55 Å². The van der Waals surface area contributed by atoms with Gasteiger partial charge in [0.25, 0.3) is 0 Å². The van der Waals surface area contributed by atoms with Gasteiger partial charge in [-0.1, -0.05) is 13.0 Å². The van der Waals surface area contributed by atoms with Crippen molar-refractivity contribution in [2.24, 2.45) is 0 Å². The van der Waals surface area contributed by atoms with E-state index in [0.717, 1.165) is 12.2 Å². The molecule has 0 aliphatic rings. The normalized spacial score (nSPS) is 10.6. The number of imidazole rings is 1. The van der Waals surface area contributed by atoms with Crippen LogP contribution in [0.4, 0.5) is 10.1 Å². The summed E-state index contributed by atoms with van der Waals surface area (Å²) in [5.74, 6) is 0.0874. The Labute approximate surface area is 103 Å². The van der Waals surface area contributed by atoms with E-state index < -0.39 is 16.4 Å². The number of halogens is 1. The maximum absolute atomic E-state index is 13.4. The number of aryl methyl sites for hydroxylation is 1. The molecule has 1 aromatic carbocycles. The first-order valence-corrected chi connectivity index (χ1v) is 5.54. The van der Waals surface area contributed by atoms with Crippen LogP contribution < -0.4 is 0 Å². The molecule has 0 fully saturated rings. The summed E-state index contributed by atoms with van der Waals surface area (Å²) in [5, 5.41) is 10.5. The quantitative estimate of drug-likeness (QED) is 0.618. The van der Waals surface area contributed by atoms with E-state index in [-0.39, 0.29) is 0 Å². The summed E-state index contributed by atoms with van der Waals surface area (Å²) in [6.45, 7) is 2.44. The van der Waals surface area contributed by atoms with Crippen LogP contribution in [0.1, 0.15) is 18.3 Å². The molecule has 6 heteroatoms. The smallest absolute Gasteiger partial charge is 0.304 e. The van der Waals surface area contributed by atoms with Gasteiger partial charge in [0, 0.05) is 31.4 Å². The summed E-state index contributed by atoms with van der Waals surface area (Å²) in [5.41, 5.74) is 0.172. The van der Waals surface area contributed by atoms with Gasteiger partial charge in [-0.2, -0.15) is 4.39 Å². The van der Waals surface area contributed by atoms with Gasteiger partial charge >= 0.3 is 5.69 Å². The van der Waals surface area contributed by atoms with E-state index in [4.69, 9.17) is 0 Å². The van der Waals surface area contributed by atoms with Crippen LogP contribution in [0.25, 0.3) is 0 Å². The summed E-state index contributed by atoms with van der Waals surface area (Å²) in [4.78, 5) is 13.9. The van der Waals surface area contributed by atoms with E-state index in [1.54, 1.807) is 18.5 Å². The van der Waals surface area contributed by atoms with Crippen molar-refractivity contribution in [1.29, 1.82) is 0 Å². The molecule has 0 bridgehead atoms. The van der Waals surface area contributed by atoms with Gasteiger partial charge in [-0.05, 0) is 11.6 Å². The molecule has 0 aliphatic heterocycles. The van der Waals surface area contributed by atoms with Crippen molar-refractivity contribution in [2.75, 3.05) is 0 Å². The zero-order chi connectivity index (χ0) is 13.1. The Bertz CT molecular complexity index is 580. The highest BCUT2D eigenvalue weighted by Gasteiger charge is 2.14. The van der Waals surface area contributed by atoms with Crippen molar-refractivity contribution in [3.63, 3.8) is 0 Å². The molecule has 1 heterocycles. The van der Waals surface area contributed by atoms with Crippen LogP contribution in [0.3, 0.4) is 0 Å². The SMILES string of the molecule is CCc1nccn1Cc1ccc([N+](=O)[O-])c(F)c1. The zero-order valence-electron chi connectivity index (χ0n) is 9.84. The van der Waals surface area contributed by atoms with Gasteiger partial charge in [0.15, 0.2) is 0 Å². The van der Waals surface area contributed by atoms with Crippen molar-refractivity contribution >= 4 is 5.69 Å². The number of nitro benzene ring substituents is 1. The topological polar surface area (TPSA) is 61.0 Å². The number of nitrogens with zero attached hydrogens (tertiary/aromatic N) is 3. The Morgan fingerprint density at radius 1 is 1.50 bits per heavy atom. The molecular weight excluding hydrogens is 237 g/mol. The zero-order valence-corrected chi connectivity index (χ0v) is 9.84. The lowest BCUT2D eigenvalue weighted by molar-refractivity contribution is -0.387. The minimum atomic E-state index is -0.810. The molecule has 0 aliphatic carbocycles. The minimum absolute atomic E-state index is 0.456. The van der Waals surface area contributed by atoms with Crippen molar-refractivity contribution < 1.29 is 9.31 Å². The predicted octanol–water partition coefficient (Wildman–Crippen LogP) is 2.54. The second-order valence-corrected chi connectivity index (χ2v) is 3.87. The summed E-state index contributed by atoms with van der Waals surface area (Å²) in [7, 11) is 0. The maximum atomic E-state index is 13.4. The van der Waals surface area contributed by atoms with Crippen LogP contribution in [0, 0.1) is 15.9 Å². The fraction of sp³-hybridized carbons (Fsp3) is 0.250. The molecule has 2 rings (SSSR count). The average molecular weight is 249 g/mol. The molecule has 5 nitrogen and oxygen atoms in total. The Hall–Kier alpha value is -2.24. The van der Waals surface area contributed by atoms with Gasteiger partial charge in [0.2, 0.25) is 5.82 Å². The van der Waals surface area contributed by atoms with Crippen LogP contribution in [-0.2, 0) is 13.0 Å². The molecule has 0 unspecified atom stereocenters. The van der Waals surface area contributed by atoms with Gasteiger partial charge < -0.3 is 4.57 Å². The summed E-state index contributed by atoms with van der Waals surface area (Å²) in [6.07, 6.45) is 4.27. The van der Waals surface area contributed by atoms with Gasteiger partial charge in [0.05, 0.1) is 4.92 Å². The highest BCUT2D eigenvalue weighted by molar-refractivity contribution is 5.35. The Balaban J connectivity index is 2.25. The summed E-state index contributed by atoms with van der Waals surface area (Å²) in [6, 6.07) is 3.94. The van der Waals surface area contributed by atoms with Crippen molar-refractivity contribution in [3.05, 3.63) is 57.9 Å². The molecule has 0 saturated heterocycles. The van der Waals surface area contributed by atoms with E-state index in [1.165, 1.54) is 12.1 Å². The Morgan fingerprint density at radius 2 is 2.28 bits per heavy atom. The molecule has 2 aromatic rings. The Morgan fingerprint density at radius 3 is 2.89 bits per heavy atom. The molecule has 0 atom stereocenters. The maximum Gasteiger partial charge on any atom is 0.304 e. The highest BCUT2D eigenvalue weighted by atomic mass is 19.1. The second-order valence-electron chi connectivity index (χ2n) is 3.87. The third kappa shape index (κ3) is 2.37. The van der Waals surface area contributed by atoms with Gasteiger partial charge in [-0.15, -0.1) is 0 Å². The van der Waals surface area contributed by atoms with E-state index >= 15 is 0 Å². The number of hydrogen-bond acceptors (Lipinski definition) is 3. The van der Waals surface area contributed by atoms with Crippen LogP contribution in [0.2, 0.25) is 0 Å². The number of benzene rings is 1. The largest absolute Gasteiger partial charge is 0.331 e. The fourth-order valence-electron chi connectivity index (χ4n) is 1.79. The summed E-state index contributed by atoms with van der Waals surface area (Å²) < 4.78 is 15.3. The molecule has 0 radical (unpaired) electrons. The third-order valence-corrected chi connectivity index (χ3v) is 2.68. The van der Waals surface area contributed by atoms with Crippen LogP contribution in [-0.4, -0.2) is 14.5 Å². The molecule has 18 heavy (non-hydrogen) atoms. The molecular formula is C12H12FN3O2. The van der Waals surface area contributed by atoms with Crippen LogP contribution in [0.15, 0.2) is 30.6 Å². The van der Waals surface area contributed by atoms with Gasteiger partial charge in [0.1, 0.15) is 5.82 Å². The second kappa shape index (κ2) is 4.95. The number of rotatable bonds is 4. The van der Waals surface area contributed by atoms with Crippen LogP contribution >= 0.6 is 0 Å². The first-order chi connectivity index (χ1) is 8.61. The molecule has 1 aromatic heterocycles. The number of nitro groups is 1. The van der Waals surface area contributed by atoms with E-state index in [9.17, 15) is 14.5 Å². The molecule has 0 N–H and O–H groups in total. The molecule has 94 valence electrons. The molecule has 0 amide bonds. The standard InChI is InChI=1S/C12H12FN3O2/c1-2-12-14-5-6-15(12)8-9-3-4-11(16(17)18)10(13)7-9/h3-7H,2,8H2,1H3. The lowest BCUT2D eigenvalue weighted by Gasteiger charge is -2.06. The monoisotopic (exact) mass is 249 g/mol. The fourth-order valence-corrected chi connectivity index (χ4v) is 1.79. The first kappa shape index (κ1) is 12.2. The third-order valence-electron chi connectivity index (χ3n) is 2.68. The lowest BCUT2D eigenvalue weighted by Crippen LogP contribution is -2.04. The lowest BCUT2D eigenvalue weighted by atomic mass is 10.2. The number of aromatic nitrogens is 2. The van der Waals surface area contributed by atoms with Crippen molar-refractivity contribution in [3.8, 4) is 0 Å². The molecule has 0 spiro atoms. The van der Waals surface area contributed by atoms with Gasteiger partial charge in [-0.25, -0.2) is 4.98 Å².